The molecule has 0 unspecified atom stereocenters. The fraction of sp³-hybridized carbons (Fsp3) is 0.308. The van der Waals surface area contributed by atoms with E-state index in [9.17, 15) is 10.1 Å². The van der Waals surface area contributed by atoms with Crippen molar-refractivity contribution in [3.8, 4) is 5.75 Å². The smallest absolute Gasteiger partial charge is 0.468 e. The van der Waals surface area contributed by atoms with Crippen LogP contribution in [0, 0.1) is 10.1 Å². The number of rotatable bonds is 13. The summed E-state index contributed by atoms with van der Waals surface area (Å²) in [5.41, 5.74) is 0.00227. The molecule has 3 aromatic carbocycles. The highest BCUT2D eigenvalue weighted by Crippen LogP contribution is 2.23. The van der Waals surface area contributed by atoms with E-state index in [0.29, 0.717) is 12.4 Å². The van der Waals surface area contributed by atoms with Crippen molar-refractivity contribution in [1.82, 2.24) is 0 Å². The SMILES string of the molecule is CCCCCCCCO[Si](Oc1cccc([N+](=O)[O-])c1)(c1ccccc1)c1ccccc1. The van der Waals surface area contributed by atoms with Crippen molar-refractivity contribution < 1.29 is 13.8 Å². The Morgan fingerprint density at radius 2 is 1.38 bits per heavy atom. The van der Waals surface area contributed by atoms with E-state index in [1.807, 2.05) is 60.7 Å². The molecule has 6 heteroatoms. The highest BCUT2D eigenvalue weighted by atomic mass is 28.4. The van der Waals surface area contributed by atoms with Gasteiger partial charge in [-0.1, -0.05) is 106 Å². The highest BCUT2D eigenvalue weighted by molar-refractivity contribution is 6.93. The van der Waals surface area contributed by atoms with E-state index in [0.717, 1.165) is 23.2 Å². The largest absolute Gasteiger partial charge is 0.514 e. The minimum Gasteiger partial charge on any atom is -0.514 e. The molecular formula is C26H31NO4Si. The molecule has 0 radical (unpaired) electrons. The van der Waals surface area contributed by atoms with Gasteiger partial charge < -0.3 is 8.85 Å². The third kappa shape index (κ3) is 6.28. The van der Waals surface area contributed by atoms with Gasteiger partial charge in [0.15, 0.2) is 0 Å². The number of benzene rings is 3. The molecule has 0 saturated carbocycles. The number of non-ortho nitro benzene ring substituents is 1. The summed E-state index contributed by atoms with van der Waals surface area (Å²) in [6.07, 6.45) is 7.02. The van der Waals surface area contributed by atoms with Gasteiger partial charge in [-0.25, -0.2) is 0 Å². The summed E-state index contributed by atoms with van der Waals surface area (Å²) in [6.45, 7) is 2.80. The third-order valence-corrected chi connectivity index (χ3v) is 8.72. The molecule has 0 aliphatic carbocycles. The predicted molar refractivity (Wildman–Crippen MR) is 131 cm³/mol. The van der Waals surface area contributed by atoms with Gasteiger partial charge in [-0.3, -0.25) is 10.1 Å². The van der Waals surface area contributed by atoms with Crippen LogP contribution in [-0.2, 0) is 4.43 Å². The molecule has 32 heavy (non-hydrogen) atoms. The third-order valence-electron chi connectivity index (χ3n) is 5.40. The molecule has 0 heterocycles. The van der Waals surface area contributed by atoms with Crippen LogP contribution in [0.5, 0.6) is 5.75 Å². The minimum atomic E-state index is -3.14. The van der Waals surface area contributed by atoms with Crippen molar-refractivity contribution in [3.63, 3.8) is 0 Å². The van der Waals surface area contributed by atoms with Gasteiger partial charge in [0.2, 0.25) is 0 Å². The van der Waals surface area contributed by atoms with Gasteiger partial charge in [0.25, 0.3) is 5.69 Å². The van der Waals surface area contributed by atoms with Crippen LogP contribution in [0.25, 0.3) is 0 Å². The van der Waals surface area contributed by atoms with Crippen molar-refractivity contribution in [2.45, 2.75) is 45.4 Å². The van der Waals surface area contributed by atoms with Crippen molar-refractivity contribution in [2.24, 2.45) is 0 Å². The Hall–Kier alpha value is -2.96. The first kappa shape index (κ1) is 23.7. The first-order valence-corrected chi connectivity index (χ1v) is 13.2. The fourth-order valence-corrected chi connectivity index (χ4v) is 6.84. The number of nitro groups is 1. The van der Waals surface area contributed by atoms with Gasteiger partial charge in [-0.05, 0) is 12.5 Å². The van der Waals surface area contributed by atoms with Gasteiger partial charge >= 0.3 is 8.56 Å². The summed E-state index contributed by atoms with van der Waals surface area (Å²) in [7, 11) is -3.14. The molecule has 0 fully saturated rings. The van der Waals surface area contributed by atoms with Crippen molar-refractivity contribution in [2.75, 3.05) is 6.61 Å². The van der Waals surface area contributed by atoms with Crippen LogP contribution < -0.4 is 14.8 Å². The molecule has 0 atom stereocenters. The van der Waals surface area contributed by atoms with E-state index in [1.54, 1.807) is 12.1 Å². The molecule has 3 aromatic rings. The lowest BCUT2D eigenvalue weighted by molar-refractivity contribution is -0.384. The summed E-state index contributed by atoms with van der Waals surface area (Å²) < 4.78 is 13.3. The molecule has 168 valence electrons. The monoisotopic (exact) mass is 449 g/mol. The minimum absolute atomic E-state index is 0.00227. The van der Waals surface area contributed by atoms with Crippen molar-refractivity contribution in [1.29, 1.82) is 0 Å². The maximum Gasteiger partial charge on any atom is 0.468 e. The molecule has 5 nitrogen and oxygen atoms in total. The van der Waals surface area contributed by atoms with E-state index in [1.165, 1.54) is 37.8 Å². The second-order valence-corrected chi connectivity index (χ2v) is 10.7. The first-order chi connectivity index (χ1) is 15.7. The van der Waals surface area contributed by atoms with Crippen LogP contribution in [0.2, 0.25) is 0 Å². The van der Waals surface area contributed by atoms with Crippen LogP contribution in [0.1, 0.15) is 45.4 Å². The summed E-state index contributed by atoms with van der Waals surface area (Å²) in [5.74, 6) is 0.446. The van der Waals surface area contributed by atoms with Crippen LogP contribution in [0.15, 0.2) is 84.9 Å². The number of unbranched alkanes of at least 4 members (excludes halogenated alkanes) is 5. The lowest BCUT2D eigenvalue weighted by Gasteiger charge is -2.32. The van der Waals surface area contributed by atoms with E-state index >= 15 is 0 Å². The molecule has 0 N–H and O–H groups in total. The Kier molecular flexibility index (Phi) is 9.01. The van der Waals surface area contributed by atoms with Crippen molar-refractivity contribution in [3.05, 3.63) is 95.0 Å². The van der Waals surface area contributed by atoms with E-state index in [2.05, 4.69) is 6.92 Å². The van der Waals surface area contributed by atoms with Crippen LogP contribution in [-0.4, -0.2) is 20.1 Å². The van der Waals surface area contributed by atoms with E-state index < -0.39 is 13.5 Å². The van der Waals surface area contributed by atoms with Gasteiger partial charge in [-0.15, -0.1) is 0 Å². The van der Waals surface area contributed by atoms with Crippen molar-refractivity contribution >= 4 is 24.6 Å². The maximum atomic E-state index is 11.3. The summed E-state index contributed by atoms with van der Waals surface area (Å²) >= 11 is 0. The molecule has 3 rings (SSSR count). The van der Waals surface area contributed by atoms with E-state index in [4.69, 9.17) is 8.85 Å². The second kappa shape index (κ2) is 12.2. The molecule has 0 aromatic heterocycles. The summed E-state index contributed by atoms with van der Waals surface area (Å²) in [5, 5.41) is 13.3. The molecule has 0 spiro atoms. The van der Waals surface area contributed by atoms with Gasteiger partial charge in [-0.2, -0.15) is 0 Å². The highest BCUT2D eigenvalue weighted by Gasteiger charge is 2.45. The lowest BCUT2D eigenvalue weighted by atomic mass is 10.1. The number of nitrogens with zero attached hydrogens (tertiary/aromatic N) is 1. The topological polar surface area (TPSA) is 61.6 Å². The number of nitro benzene ring substituents is 1. The Bertz CT molecular complexity index is 926. The molecule has 0 bridgehead atoms. The van der Waals surface area contributed by atoms with Crippen LogP contribution >= 0.6 is 0 Å². The van der Waals surface area contributed by atoms with Crippen LogP contribution in [0.3, 0.4) is 0 Å². The first-order valence-electron chi connectivity index (χ1n) is 11.3. The average molecular weight is 450 g/mol. The summed E-state index contributed by atoms with van der Waals surface area (Å²) in [4.78, 5) is 10.9. The van der Waals surface area contributed by atoms with Gasteiger partial charge in [0, 0.05) is 23.0 Å². The molecule has 0 aliphatic rings. The number of hydrogen-bond acceptors (Lipinski definition) is 4. The molecular weight excluding hydrogens is 418 g/mol. The molecule has 0 amide bonds. The standard InChI is InChI=1S/C26H31NO4Si/c1-2-3-4-5-6-13-21-30-32(25-17-9-7-10-18-25,26-19-11-8-12-20-26)31-24-16-14-15-23(22-24)27(28)29/h7-12,14-20,22H,2-6,13,21H2,1H3. The zero-order valence-corrected chi connectivity index (χ0v) is 19.6. The quantitative estimate of drug-likeness (QED) is 0.147. The Morgan fingerprint density at radius 3 is 1.97 bits per heavy atom. The van der Waals surface area contributed by atoms with Gasteiger partial charge in [0.05, 0.1) is 11.0 Å². The zero-order chi connectivity index (χ0) is 22.7. The fourth-order valence-electron chi connectivity index (χ4n) is 3.72. The van der Waals surface area contributed by atoms with E-state index in [-0.39, 0.29) is 5.69 Å². The molecule has 0 saturated heterocycles. The Labute approximate surface area is 191 Å². The summed E-state index contributed by atoms with van der Waals surface area (Å²) in [6, 6.07) is 26.3. The normalized spacial score (nSPS) is 11.3. The number of hydrogen-bond donors (Lipinski definition) is 0. The maximum absolute atomic E-state index is 11.3. The molecule has 0 aliphatic heterocycles. The predicted octanol–water partition coefficient (Wildman–Crippen LogP) is 5.61. The van der Waals surface area contributed by atoms with Crippen LogP contribution in [0.4, 0.5) is 5.69 Å². The zero-order valence-electron chi connectivity index (χ0n) is 18.6. The average Bonchev–Trinajstić information content (AvgIpc) is 2.84. The second-order valence-electron chi connectivity index (χ2n) is 7.82. The lowest BCUT2D eigenvalue weighted by Crippen LogP contribution is -2.66. The Morgan fingerprint density at radius 1 is 0.781 bits per heavy atom. The van der Waals surface area contributed by atoms with Gasteiger partial charge in [0.1, 0.15) is 5.75 Å². The Balaban J connectivity index is 1.92.